The van der Waals surface area contributed by atoms with Crippen LogP contribution in [0, 0.1) is 0 Å². The van der Waals surface area contributed by atoms with E-state index in [9.17, 15) is 9.59 Å². The minimum Gasteiger partial charge on any atom is -0.490 e. The standard InChI is InChI=1S/C34H32N2O5/c1-3-39-29-20-22-18-19-36-32(28(22)21-30(29)40-4-2)31(26-12-8-9-13-27(26)34(36)38)33(37)35-23-14-16-25(17-15-23)41-24-10-6-5-7-11-24/h5-17,20-21,31-32H,3-4,18-19H2,1-2H3,(H,35,37)/t31-,32+/m0/s1. The highest BCUT2D eigenvalue weighted by Crippen LogP contribution is 2.48. The van der Waals surface area contributed by atoms with E-state index in [1.54, 1.807) is 0 Å². The Morgan fingerprint density at radius 2 is 1.49 bits per heavy atom. The molecule has 0 aliphatic carbocycles. The second-order valence-electron chi connectivity index (χ2n) is 10.1. The predicted octanol–water partition coefficient (Wildman–Crippen LogP) is 6.75. The Morgan fingerprint density at radius 3 is 2.22 bits per heavy atom. The second kappa shape index (κ2) is 11.4. The summed E-state index contributed by atoms with van der Waals surface area (Å²) in [6.07, 6.45) is 0.670. The molecule has 0 spiro atoms. The lowest BCUT2D eigenvalue weighted by Gasteiger charge is -2.45. The van der Waals surface area contributed by atoms with Crippen LogP contribution >= 0.6 is 0 Å². The molecule has 208 valence electrons. The predicted molar refractivity (Wildman–Crippen MR) is 157 cm³/mol. The van der Waals surface area contributed by atoms with Gasteiger partial charge in [-0.05, 0) is 91.6 Å². The summed E-state index contributed by atoms with van der Waals surface area (Å²) in [6, 6.07) is 27.7. The van der Waals surface area contributed by atoms with Gasteiger partial charge in [-0.1, -0.05) is 36.4 Å². The summed E-state index contributed by atoms with van der Waals surface area (Å²) in [4.78, 5) is 29.6. The fraction of sp³-hybridized carbons (Fsp3) is 0.235. The number of benzene rings is 4. The SMILES string of the molecule is CCOc1cc2c(cc1OCC)[C@@H]1[C@@H](C(=O)Nc3ccc(Oc4ccccc4)cc3)c3ccccc3C(=O)N1CC2. The van der Waals surface area contributed by atoms with E-state index < -0.39 is 12.0 Å². The van der Waals surface area contributed by atoms with Crippen molar-refractivity contribution in [3.05, 3.63) is 113 Å². The Labute approximate surface area is 239 Å². The van der Waals surface area contributed by atoms with Crippen LogP contribution in [0.2, 0.25) is 0 Å². The van der Waals surface area contributed by atoms with Crippen molar-refractivity contribution in [1.82, 2.24) is 4.90 Å². The molecule has 0 aromatic heterocycles. The van der Waals surface area contributed by atoms with E-state index in [-0.39, 0.29) is 11.8 Å². The fourth-order valence-electron chi connectivity index (χ4n) is 5.80. The number of amides is 2. The number of hydrogen-bond donors (Lipinski definition) is 1. The molecule has 7 nitrogen and oxygen atoms in total. The van der Waals surface area contributed by atoms with Crippen LogP contribution in [0.25, 0.3) is 0 Å². The van der Waals surface area contributed by atoms with Crippen LogP contribution < -0.4 is 19.5 Å². The first kappa shape index (κ1) is 26.4. The molecule has 2 aliphatic rings. The number of para-hydroxylation sites is 1. The Hall–Kier alpha value is -4.78. The summed E-state index contributed by atoms with van der Waals surface area (Å²) in [5.74, 6) is 1.85. The molecule has 6 rings (SSSR count). The highest BCUT2D eigenvalue weighted by molar-refractivity contribution is 6.04. The van der Waals surface area contributed by atoms with Crippen molar-refractivity contribution in [2.24, 2.45) is 0 Å². The molecule has 4 aromatic carbocycles. The molecular formula is C34H32N2O5. The van der Waals surface area contributed by atoms with Crippen LogP contribution in [0.1, 0.15) is 52.9 Å². The largest absolute Gasteiger partial charge is 0.490 e. The van der Waals surface area contributed by atoms with Crippen LogP contribution in [-0.4, -0.2) is 36.5 Å². The highest BCUT2D eigenvalue weighted by atomic mass is 16.5. The van der Waals surface area contributed by atoms with Gasteiger partial charge in [0.15, 0.2) is 11.5 Å². The molecule has 0 radical (unpaired) electrons. The smallest absolute Gasteiger partial charge is 0.254 e. The molecule has 0 bridgehead atoms. The number of hydrogen-bond acceptors (Lipinski definition) is 5. The zero-order chi connectivity index (χ0) is 28.3. The minimum absolute atomic E-state index is 0.0606. The molecule has 2 aliphatic heterocycles. The molecule has 7 heteroatoms. The van der Waals surface area contributed by atoms with Crippen molar-refractivity contribution in [3.63, 3.8) is 0 Å². The number of carbonyl (C=O) groups excluding carboxylic acids is 2. The Kier molecular flexibility index (Phi) is 7.33. The van der Waals surface area contributed by atoms with E-state index in [2.05, 4.69) is 5.32 Å². The van der Waals surface area contributed by atoms with E-state index in [1.165, 1.54) is 0 Å². The zero-order valence-corrected chi connectivity index (χ0v) is 23.1. The summed E-state index contributed by atoms with van der Waals surface area (Å²) >= 11 is 0. The molecule has 1 N–H and O–H groups in total. The van der Waals surface area contributed by atoms with Crippen LogP contribution in [0.15, 0.2) is 91.0 Å². The van der Waals surface area contributed by atoms with E-state index in [1.807, 2.05) is 110 Å². The number of nitrogens with one attached hydrogen (secondary N) is 1. The summed E-state index contributed by atoms with van der Waals surface area (Å²) in [5.41, 5.74) is 3.91. The number of fused-ring (bicyclic) bond motifs is 4. The first-order valence-electron chi connectivity index (χ1n) is 14.0. The van der Waals surface area contributed by atoms with Crippen LogP contribution in [-0.2, 0) is 11.2 Å². The van der Waals surface area contributed by atoms with E-state index in [0.29, 0.717) is 54.7 Å². The summed E-state index contributed by atoms with van der Waals surface area (Å²) < 4.78 is 17.7. The third kappa shape index (κ3) is 5.11. The van der Waals surface area contributed by atoms with Gasteiger partial charge in [-0.2, -0.15) is 0 Å². The van der Waals surface area contributed by atoms with Crippen LogP contribution in [0.5, 0.6) is 23.0 Å². The minimum atomic E-state index is -0.615. The number of nitrogens with zero attached hydrogens (tertiary/aromatic N) is 1. The molecule has 0 fully saturated rings. The van der Waals surface area contributed by atoms with E-state index >= 15 is 0 Å². The molecule has 2 amide bonds. The van der Waals surface area contributed by atoms with Crippen LogP contribution in [0.3, 0.4) is 0 Å². The van der Waals surface area contributed by atoms with Gasteiger partial charge in [0.25, 0.3) is 5.91 Å². The summed E-state index contributed by atoms with van der Waals surface area (Å²) in [6.45, 7) is 5.37. The van der Waals surface area contributed by atoms with E-state index in [0.717, 1.165) is 22.4 Å². The van der Waals surface area contributed by atoms with Gasteiger partial charge in [0.1, 0.15) is 11.5 Å². The Balaban J connectivity index is 1.35. The molecule has 2 heterocycles. The number of ether oxygens (including phenoxy) is 3. The molecule has 0 saturated heterocycles. The maximum absolute atomic E-state index is 14.1. The van der Waals surface area contributed by atoms with Gasteiger partial charge < -0.3 is 24.4 Å². The highest BCUT2D eigenvalue weighted by Gasteiger charge is 2.46. The molecular weight excluding hydrogens is 516 g/mol. The third-order valence-electron chi connectivity index (χ3n) is 7.57. The average molecular weight is 549 g/mol. The molecule has 0 unspecified atom stereocenters. The third-order valence-corrected chi connectivity index (χ3v) is 7.57. The number of rotatable bonds is 8. The number of anilines is 1. The van der Waals surface area contributed by atoms with Gasteiger partial charge in [0.05, 0.1) is 25.2 Å². The quantitative estimate of drug-likeness (QED) is 0.264. The number of carbonyl (C=O) groups is 2. The van der Waals surface area contributed by atoms with Crippen molar-refractivity contribution in [2.75, 3.05) is 25.1 Å². The maximum atomic E-state index is 14.1. The van der Waals surface area contributed by atoms with Gasteiger partial charge in [-0.15, -0.1) is 0 Å². The summed E-state index contributed by atoms with van der Waals surface area (Å²) in [5, 5.41) is 3.11. The molecule has 4 aromatic rings. The first-order chi connectivity index (χ1) is 20.1. The van der Waals surface area contributed by atoms with Gasteiger partial charge in [0.2, 0.25) is 5.91 Å². The maximum Gasteiger partial charge on any atom is 0.254 e. The van der Waals surface area contributed by atoms with Crippen molar-refractivity contribution in [3.8, 4) is 23.0 Å². The van der Waals surface area contributed by atoms with E-state index in [4.69, 9.17) is 14.2 Å². The molecule has 2 atom stereocenters. The van der Waals surface area contributed by atoms with Crippen molar-refractivity contribution >= 4 is 17.5 Å². The van der Waals surface area contributed by atoms with Crippen molar-refractivity contribution < 1.29 is 23.8 Å². The molecule has 41 heavy (non-hydrogen) atoms. The lowest BCUT2D eigenvalue weighted by molar-refractivity contribution is -0.119. The van der Waals surface area contributed by atoms with Crippen molar-refractivity contribution in [2.45, 2.75) is 32.2 Å². The van der Waals surface area contributed by atoms with Gasteiger partial charge in [0, 0.05) is 17.8 Å². The molecule has 0 saturated carbocycles. The average Bonchev–Trinajstić information content (AvgIpc) is 2.99. The first-order valence-corrected chi connectivity index (χ1v) is 14.0. The van der Waals surface area contributed by atoms with Gasteiger partial charge >= 0.3 is 0 Å². The zero-order valence-electron chi connectivity index (χ0n) is 23.1. The normalized spacial score (nSPS) is 17.1. The fourth-order valence-corrected chi connectivity index (χ4v) is 5.80. The summed E-state index contributed by atoms with van der Waals surface area (Å²) in [7, 11) is 0. The van der Waals surface area contributed by atoms with Crippen LogP contribution in [0.4, 0.5) is 5.69 Å². The topological polar surface area (TPSA) is 77.1 Å². The van der Waals surface area contributed by atoms with Gasteiger partial charge in [-0.25, -0.2) is 0 Å². The Bertz CT molecular complexity index is 1570. The van der Waals surface area contributed by atoms with Gasteiger partial charge in [-0.3, -0.25) is 9.59 Å². The Morgan fingerprint density at radius 1 is 0.829 bits per heavy atom. The lowest BCUT2D eigenvalue weighted by atomic mass is 9.75. The van der Waals surface area contributed by atoms with Crippen molar-refractivity contribution in [1.29, 1.82) is 0 Å². The lowest BCUT2D eigenvalue weighted by Crippen LogP contribution is -2.49. The monoisotopic (exact) mass is 548 g/mol. The second-order valence-corrected chi connectivity index (χ2v) is 10.1.